The van der Waals surface area contributed by atoms with Gasteiger partial charge in [-0.2, -0.15) is 8.42 Å². The van der Waals surface area contributed by atoms with Gasteiger partial charge in [-0.05, 0) is 56.4 Å². The summed E-state index contributed by atoms with van der Waals surface area (Å²) in [5.74, 6) is 0.630. The Morgan fingerprint density at radius 2 is 1.24 bits per heavy atom. The Balaban J connectivity index is 1.88. The van der Waals surface area contributed by atoms with Gasteiger partial charge in [0, 0.05) is 0 Å². The van der Waals surface area contributed by atoms with Gasteiger partial charge in [-0.15, -0.1) is 0 Å². The van der Waals surface area contributed by atoms with E-state index in [9.17, 15) is 8.42 Å². The lowest BCUT2D eigenvalue weighted by Gasteiger charge is -2.06. The molecule has 0 amide bonds. The molecule has 0 bridgehead atoms. The molecular formula is C24H40O4S. The number of ether oxygens (including phenoxy) is 1. The van der Waals surface area contributed by atoms with E-state index in [1.54, 1.807) is 12.1 Å². The van der Waals surface area contributed by atoms with Gasteiger partial charge in [-0.3, -0.25) is 4.55 Å². The number of hydrogen-bond donors (Lipinski definition) is 1. The fourth-order valence-corrected chi connectivity index (χ4v) is 3.73. The zero-order valence-electron chi connectivity index (χ0n) is 18.2. The standard InChI is InChI=1S/C24H40O4S/c1-2-3-4-5-6-7-8-9-10-11-12-13-14-15-16-17-22-28-23-18-20-24(21-19-23)29(25,26)27/h9-10,18-21H,2-8,11-17,22H2,1H3,(H,25,26,27). The monoisotopic (exact) mass is 424 g/mol. The summed E-state index contributed by atoms with van der Waals surface area (Å²) in [5, 5.41) is 0. The van der Waals surface area contributed by atoms with Gasteiger partial charge >= 0.3 is 0 Å². The van der Waals surface area contributed by atoms with E-state index in [4.69, 9.17) is 9.29 Å². The van der Waals surface area contributed by atoms with Crippen LogP contribution in [0.5, 0.6) is 5.75 Å². The number of allylic oxidation sites excluding steroid dienone is 2. The minimum atomic E-state index is -4.13. The molecule has 1 aromatic rings. The molecular weight excluding hydrogens is 384 g/mol. The second-order valence-corrected chi connectivity index (χ2v) is 9.15. The Labute approximate surface area is 178 Å². The summed E-state index contributed by atoms with van der Waals surface area (Å²) in [6, 6.07) is 5.85. The van der Waals surface area contributed by atoms with Crippen molar-refractivity contribution >= 4 is 10.1 Å². The molecule has 166 valence electrons. The lowest BCUT2D eigenvalue weighted by Crippen LogP contribution is -2.00. The zero-order chi connectivity index (χ0) is 21.2. The van der Waals surface area contributed by atoms with E-state index < -0.39 is 10.1 Å². The second kappa shape index (κ2) is 16.5. The predicted octanol–water partition coefficient (Wildman–Crippen LogP) is 7.35. The minimum absolute atomic E-state index is 0.109. The van der Waals surface area contributed by atoms with Gasteiger partial charge in [0.05, 0.1) is 11.5 Å². The normalized spacial score (nSPS) is 11.9. The molecule has 0 aromatic heterocycles. The highest BCUT2D eigenvalue weighted by Gasteiger charge is 2.08. The van der Waals surface area contributed by atoms with Crippen LogP contribution in [0, 0.1) is 0 Å². The predicted molar refractivity (Wildman–Crippen MR) is 121 cm³/mol. The van der Waals surface area contributed by atoms with Crippen LogP contribution in [0.1, 0.15) is 96.8 Å². The molecule has 29 heavy (non-hydrogen) atoms. The smallest absolute Gasteiger partial charge is 0.294 e. The first kappa shape index (κ1) is 25.7. The Kier molecular flexibility index (Phi) is 14.6. The third-order valence-corrected chi connectivity index (χ3v) is 5.91. The molecule has 1 N–H and O–H groups in total. The summed E-state index contributed by atoms with van der Waals surface area (Å²) in [5.41, 5.74) is 0. The molecule has 0 fully saturated rings. The lowest BCUT2D eigenvalue weighted by molar-refractivity contribution is 0.304. The molecule has 0 unspecified atom stereocenters. The maximum absolute atomic E-state index is 11.0. The van der Waals surface area contributed by atoms with Gasteiger partial charge in [-0.25, -0.2) is 0 Å². The molecule has 1 aromatic carbocycles. The quantitative estimate of drug-likeness (QED) is 0.152. The third kappa shape index (κ3) is 14.3. The highest BCUT2D eigenvalue weighted by Crippen LogP contribution is 2.16. The average Bonchev–Trinajstić information content (AvgIpc) is 2.70. The van der Waals surface area contributed by atoms with E-state index in [-0.39, 0.29) is 4.90 Å². The Morgan fingerprint density at radius 3 is 1.76 bits per heavy atom. The second-order valence-electron chi connectivity index (χ2n) is 7.73. The molecule has 5 heteroatoms. The highest BCUT2D eigenvalue weighted by atomic mass is 32.2. The van der Waals surface area contributed by atoms with Crippen LogP contribution < -0.4 is 4.74 Å². The van der Waals surface area contributed by atoms with Crippen molar-refractivity contribution in [2.75, 3.05) is 6.61 Å². The molecule has 4 nitrogen and oxygen atoms in total. The van der Waals surface area contributed by atoms with Crippen molar-refractivity contribution in [2.24, 2.45) is 0 Å². The van der Waals surface area contributed by atoms with Gasteiger partial charge in [0.2, 0.25) is 0 Å². The molecule has 0 atom stereocenters. The van der Waals surface area contributed by atoms with Crippen LogP contribution in [-0.4, -0.2) is 19.6 Å². The maximum Gasteiger partial charge on any atom is 0.294 e. The Morgan fingerprint density at radius 1 is 0.759 bits per heavy atom. The number of benzene rings is 1. The lowest BCUT2D eigenvalue weighted by atomic mass is 10.1. The van der Waals surface area contributed by atoms with Gasteiger partial charge in [-0.1, -0.05) is 76.9 Å². The molecule has 0 heterocycles. The van der Waals surface area contributed by atoms with E-state index in [1.807, 2.05) is 0 Å². The van der Waals surface area contributed by atoms with Crippen LogP contribution in [0.4, 0.5) is 0 Å². The number of unbranched alkanes of at least 4 members (excludes halogenated alkanes) is 12. The van der Waals surface area contributed by atoms with Gasteiger partial charge in [0.15, 0.2) is 0 Å². The van der Waals surface area contributed by atoms with Crippen LogP contribution in [-0.2, 0) is 10.1 Å². The average molecular weight is 425 g/mol. The molecule has 0 aliphatic rings. The zero-order valence-corrected chi connectivity index (χ0v) is 19.0. The fraction of sp³-hybridized carbons (Fsp3) is 0.667. The fourth-order valence-electron chi connectivity index (χ4n) is 3.25. The van der Waals surface area contributed by atoms with Crippen molar-refractivity contribution in [2.45, 2.75) is 102 Å². The Bertz CT molecular complexity index is 635. The topological polar surface area (TPSA) is 63.6 Å². The molecule has 0 saturated heterocycles. The van der Waals surface area contributed by atoms with E-state index in [0.717, 1.165) is 12.8 Å². The van der Waals surface area contributed by atoms with Crippen LogP contribution in [0.25, 0.3) is 0 Å². The van der Waals surface area contributed by atoms with Crippen molar-refractivity contribution in [3.8, 4) is 5.75 Å². The van der Waals surface area contributed by atoms with Crippen LogP contribution in [0.2, 0.25) is 0 Å². The molecule has 0 aliphatic carbocycles. The molecule has 0 aliphatic heterocycles. The van der Waals surface area contributed by atoms with Gasteiger partial charge in [0.25, 0.3) is 10.1 Å². The molecule has 0 saturated carbocycles. The first-order chi connectivity index (χ1) is 14.0. The van der Waals surface area contributed by atoms with E-state index >= 15 is 0 Å². The van der Waals surface area contributed by atoms with Crippen molar-refractivity contribution in [1.82, 2.24) is 0 Å². The molecule has 0 radical (unpaired) electrons. The highest BCUT2D eigenvalue weighted by molar-refractivity contribution is 7.85. The summed E-state index contributed by atoms with van der Waals surface area (Å²) in [6.07, 6.45) is 22.6. The third-order valence-electron chi connectivity index (χ3n) is 5.05. The van der Waals surface area contributed by atoms with Crippen LogP contribution in [0.3, 0.4) is 0 Å². The first-order valence-electron chi connectivity index (χ1n) is 11.4. The minimum Gasteiger partial charge on any atom is -0.494 e. The van der Waals surface area contributed by atoms with Crippen LogP contribution >= 0.6 is 0 Å². The summed E-state index contributed by atoms with van der Waals surface area (Å²) >= 11 is 0. The molecule has 0 spiro atoms. The van der Waals surface area contributed by atoms with E-state index in [0.29, 0.717) is 12.4 Å². The Hall–Kier alpha value is -1.33. The number of rotatable bonds is 18. The van der Waals surface area contributed by atoms with Crippen LogP contribution in [0.15, 0.2) is 41.3 Å². The SMILES string of the molecule is CCCCCCCCC=CCCCCCCCCOc1ccc(S(=O)(=O)O)cc1. The van der Waals surface area contributed by atoms with Crippen molar-refractivity contribution in [3.05, 3.63) is 36.4 Å². The summed E-state index contributed by atoms with van der Waals surface area (Å²) in [6.45, 7) is 2.89. The molecule has 1 rings (SSSR count). The van der Waals surface area contributed by atoms with Crippen molar-refractivity contribution < 1.29 is 17.7 Å². The number of hydrogen-bond acceptors (Lipinski definition) is 3. The van der Waals surface area contributed by atoms with Crippen molar-refractivity contribution in [1.29, 1.82) is 0 Å². The van der Waals surface area contributed by atoms with E-state index in [1.165, 1.54) is 89.2 Å². The van der Waals surface area contributed by atoms with Gasteiger partial charge in [0.1, 0.15) is 5.75 Å². The van der Waals surface area contributed by atoms with E-state index in [2.05, 4.69) is 19.1 Å². The summed E-state index contributed by atoms with van der Waals surface area (Å²) < 4.78 is 36.5. The maximum atomic E-state index is 11.0. The largest absolute Gasteiger partial charge is 0.494 e. The van der Waals surface area contributed by atoms with Gasteiger partial charge < -0.3 is 4.74 Å². The van der Waals surface area contributed by atoms with Crippen molar-refractivity contribution in [3.63, 3.8) is 0 Å². The first-order valence-corrected chi connectivity index (χ1v) is 12.8. The summed E-state index contributed by atoms with van der Waals surface area (Å²) in [4.78, 5) is -0.109. The summed E-state index contributed by atoms with van der Waals surface area (Å²) in [7, 11) is -4.13.